The molecule has 1 aliphatic heterocycles. The Morgan fingerprint density at radius 1 is 1.06 bits per heavy atom. The first-order valence-electron chi connectivity index (χ1n) is 10.9. The molecule has 0 unspecified atom stereocenters. The Morgan fingerprint density at radius 3 is 2.53 bits per heavy atom. The van der Waals surface area contributed by atoms with Gasteiger partial charge in [-0.15, -0.1) is 5.10 Å². The number of halogens is 3. The summed E-state index contributed by atoms with van der Waals surface area (Å²) < 4.78 is 42.6. The second-order valence-electron chi connectivity index (χ2n) is 9.16. The lowest BCUT2D eigenvalue weighted by Gasteiger charge is -2.59. The number of pyridine rings is 1. The molecule has 8 nitrogen and oxygen atoms in total. The summed E-state index contributed by atoms with van der Waals surface area (Å²) in [6.07, 6.45) is 4.81. The summed E-state index contributed by atoms with van der Waals surface area (Å²) in [5, 5.41) is 14.0. The Hall–Kier alpha value is -3.89. The van der Waals surface area contributed by atoms with Crippen molar-refractivity contribution in [2.24, 2.45) is 12.5 Å². The molecular formula is C23H21F3N8. The van der Waals surface area contributed by atoms with Gasteiger partial charge >= 0.3 is 0 Å². The fraction of sp³-hybridized carbons (Fsp3) is 0.304. The van der Waals surface area contributed by atoms with E-state index in [4.69, 9.17) is 0 Å². The van der Waals surface area contributed by atoms with Crippen LogP contribution in [0.5, 0.6) is 0 Å². The molecule has 6 rings (SSSR count). The quantitative estimate of drug-likeness (QED) is 0.454. The lowest BCUT2D eigenvalue weighted by molar-refractivity contribution is -0.170. The van der Waals surface area contributed by atoms with Gasteiger partial charge in [0.2, 0.25) is 11.9 Å². The zero-order valence-corrected chi connectivity index (χ0v) is 18.3. The van der Waals surface area contributed by atoms with Crippen LogP contribution in [0.2, 0.25) is 0 Å². The summed E-state index contributed by atoms with van der Waals surface area (Å²) in [4.78, 5) is 11.0. The Labute approximate surface area is 192 Å². The maximum atomic E-state index is 14.6. The zero-order valence-electron chi connectivity index (χ0n) is 18.3. The van der Waals surface area contributed by atoms with Crippen molar-refractivity contribution in [2.45, 2.75) is 18.8 Å². The Balaban J connectivity index is 1.14. The van der Waals surface area contributed by atoms with E-state index in [2.05, 4.69) is 30.6 Å². The first-order chi connectivity index (χ1) is 16.3. The standard InChI is InChI=1S/C23H21F3N8/c1-33-21(30-16-3-4-17(18(24)6-16)15-8-28-29-9-15)31-20(32-33)14-2-5-19(27-7-14)34-12-22(13-34)10-23(25,26)11-22/h2-9H,10-13H2,1H3,(H,28,29)(H,30,31,32). The summed E-state index contributed by atoms with van der Waals surface area (Å²) in [5.41, 5.74) is 2.12. The molecule has 1 aliphatic carbocycles. The number of alkyl halides is 2. The fourth-order valence-electron chi connectivity index (χ4n) is 4.87. The normalized spacial score (nSPS) is 17.9. The lowest BCUT2D eigenvalue weighted by atomic mass is 9.61. The molecule has 1 aromatic carbocycles. The lowest BCUT2D eigenvalue weighted by Crippen LogP contribution is -2.66. The molecule has 0 radical (unpaired) electrons. The molecule has 0 atom stereocenters. The van der Waals surface area contributed by atoms with E-state index < -0.39 is 5.92 Å². The van der Waals surface area contributed by atoms with Crippen molar-refractivity contribution < 1.29 is 13.2 Å². The highest BCUT2D eigenvalue weighted by molar-refractivity contribution is 5.67. The van der Waals surface area contributed by atoms with Gasteiger partial charge in [-0.2, -0.15) is 10.1 Å². The van der Waals surface area contributed by atoms with Gasteiger partial charge in [-0.3, -0.25) is 5.10 Å². The number of aromatic amines is 1. The number of rotatable bonds is 5. The summed E-state index contributed by atoms with van der Waals surface area (Å²) in [7, 11) is 1.74. The van der Waals surface area contributed by atoms with Gasteiger partial charge in [0, 0.05) is 73.2 Å². The van der Waals surface area contributed by atoms with E-state index in [1.165, 1.54) is 6.07 Å². The van der Waals surface area contributed by atoms with Gasteiger partial charge in [0.05, 0.1) is 6.20 Å². The van der Waals surface area contributed by atoms with Crippen LogP contribution in [0.25, 0.3) is 22.5 Å². The molecule has 1 spiro atoms. The number of benzene rings is 1. The van der Waals surface area contributed by atoms with Gasteiger partial charge in [-0.05, 0) is 30.3 Å². The highest BCUT2D eigenvalue weighted by atomic mass is 19.3. The molecule has 2 fully saturated rings. The van der Waals surface area contributed by atoms with Crippen LogP contribution in [0.1, 0.15) is 12.8 Å². The van der Waals surface area contributed by atoms with Crippen molar-refractivity contribution in [3.8, 4) is 22.5 Å². The van der Waals surface area contributed by atoms with E-state index in [9.17, 15) is 13.2 Å². The second-order valence-corrected chi connectivity index (χ2v) is 9.16. The Morgan fingerprint density at radius 2 is 1.88 bits per heavy atom. The molecule has 1 saturated carbocycles. The van der Waals surface area contributed by atoms with Crippen molar-refractivity contribution in [2.75, 3.05) is 23.3 Å². The first kappa shape index (κ1) is 20.7. The largest absolute Gasteiger partial charge is 0.355 e. The van der Waals surface area contributed by atoms with E-state index in [1.54, 1.807) is 42.5 Å². The third-order valence-corrected chi connectivity index (χ3v) is 6.45. The van der Waals surface area contributed by atoms with Gasteiger partial charge in [0.15, 0.2) is 5.82 Å². The molecule has 3 aromatic heterocycles. The molecule has 174 valence electrons. The van der Waals surface area contributed by atoms with E-state index in [-0.39, 0.29) is 24.1 Å². The molecule has 11 heteroatoms. The number of hydrogen-bond acceptors (Lipinski definition) is 6. The first-order valence-corrected chi connectivity index (χ1v) is 10.9. The minimum Gasteiger partial charge on any atom is -0.355 e. The number of aromatic nitrogens is 6. The van der Waals surface area contributed by atoms with Gasteiger partial charge in [-0.25, -0.2) is 22.8 Å². The highest BCUT2D eigenvalue weighted by Crippen LogP contribution is 2.57. The SMILES string of the molecule is Cn1nc(-c2ccc(N3CC4(C3)CC(F)(F)C4)nc2)nc1Nc1ccc(-c2cn[nH]c2)c(F)c1. The van der Waals surface area contributed by atoms with E-state index in [1.807, 2.05) is 17.0 Å². The number of nitrogens with zero attached hydrogens (tertiary/aromatic N) is 6. The third-order valence-electron chi connectivity index (χ3n) is 6.45. The monoisotopic (exact) mass is 466 g/mol. The average molecular weight is 466 g/mol. The minimum atomic E-state index is -2.51. The predicted molar refractivity (Wildman–Crippen MR) is 120 cm³/mol. The van der Waals surface area contributed by atoms with Crippen molar-refractivity contribution in [1.82, 2.24) is 29.9 Å². The maximum Gasteiger partial charge on any atom is 0.249 e. The number of nitrogens with one attached hydrogen (secondary N) is 2. The Bertz CT molecular complexity index is 1330. The van der Waals surface area contributed by atoms with Crippen LogP contribution in [0, 0.1) is 11.2 Å². The average Bonchev–Trinajstić information content (AvgIpc) is 3.41. The van der Waals surface area contributed by atoms with Crippen LogP contribution in [-0.2, 0) is 7.05 Å². The predicted octanol–water partition coefficient (Wildman–Crippen LogP) is 4.39. The van der Waals surface area contributed by atoms with Crippen molar-refractivity contribution in [3.05, 3.63) is 54.7 Å². The van der Waals surface area contributed by atoms with Crippen molar-refractivity contribution in [1.29, 1.82) is 0 Å². The third kappa shape index (κ3) is 3.57. The number of anilines is 3. The molecule has 34 heavy (non-hydrogen) atoms. The van der Waals surface area contributed by atoms with Crippen LogP contribution >= 0.6 is 0 Å². The summed E-state index contributed by atoms with van der Waals surface area (Å²) >= 11 is 0. The molecule has 2 N–H and O–H groups in total. The summed E-state index contributed by atoms with van der Waals surface area (Å²) in [6, 6.07) is 8.54. The van der Waals surface area contributed by atoms with Crippen molar-refractivity contribution in [3.63, 3.8) is 0 Å². The van der Waals surface area contributed by atoms with E-state index in [0.717, 1.165) is 11.4 Å². The van der Waals surface area contributed by atoms with E-state index in [0.29, 0.717) is 41.7 Å². The van der Waals surface area contributed by atoms with Gasteiger partial charge in [0.25, 0.3) is 0 Å². The number of H-pyrrole nitrogens is 1. The zero-order chi connectivity index (χ0) is 23.5. The van der Waals surface area contributed by atoms with Gasteiger partial charge in [-0.1, -0.05) is 0 Å². The number of aryl methyl sites for hydroxylation is 1. The van der Waals surface area contributed by atoms with Crippen LogP contribution in [0.4, 0.5) is 30.6 Å². The minimum absolute atomic E-state index is 0.0296. The molecule has 1 saturated heterocycles. The molecule has 2 aliphatic rings. The van der Waals surface area contributed by atoms with Crippen LogP contribution < -0.4 is 10.2 Å². The van der Waals surface area contributed by atoms with Gasteiger partial charge < -0.3 is 10.2 Å². The maximum absolute atomic E-state index is 14.6. The molecular weight excluding hydrogens is 445 g/mol. The molecule has 4 heterocycles. The molecule has 4 aromatic rings. The Kier molecular flexibility index (Phi) is 4.45. The van der Waals surface area contributed by atoms with Gasteiger partial charge in [0.1, 0.15) is 11.6 Å². The fourth-order valence-corrected chi connectivity index (χ4v) is 4.87. The van der Waals surface area contributed by atoms with Crippen molar-refractivity contribution >= 4 is 17.5 Å². The highest BCUT2D eigenvalue weighted by Gasteiger charge is 2.61. The summed E-state index contributed by atoms with van der Waals surface area (Å²) in [6.45, 7) is 1.22. The van der Waals surface area contributed by atoms with Crippen LogP contribution in [0.15, 0.2) is 48.9 Å². The second kappa shape index (κ2) is 7.31. The van der Waals surface area contributed by atoms with Crippen LogP contribution in [0.3, 0.4) is 0 Å². The smallest absolute Gasteiger partial charge is 0.249 e. The summed E-state index contributed by atoms with van der Waals surface area (Å²) in [5.74, 6) is -1.21. The molecule has 0 bridgehead atoms. The topological polar surface area (TPSA) is 87.6 Å². The van der Waals surface area contributed by atoms with Crippen LogP contribution in [-0.4, -0.2) is 49.0 Å². The molecule has 0 amide bonds. The number of hydrogen-bond donors (Lipinski definition) is 2. The van der Waals surface area contributed by atoms with E-state index >= 15 is 0 Å².